The van der Waals surface area contributed by atoms with Gasteiger partial charge in [-0.2, -0.15) is 0 Å². The third kappa shape index (κ3) is 6.22. The zero-order valence-electron chi connectivity index (χ0n) is 14.5. The van der Waals surface area contributed by atoms with Crippen LogP contribution in [-0.4, -0.2) is 25.7 Å². The van der Waals surface area contributed by atoms with Crippen molar-refractivity contribution in [1.29, 1.82) is 0 Å². The number of nitrogens with one attached hydrogen (secondary N) is 2. The molecule has 0 aliphatic rings. The molecule has 5 nitrogen and oxygen atoms in total. The molecule has 0 spiro atoms. The van der Waals surface area contributed by atoms with Gasteiger partial charge in [0.1, 0.15) is 18.1 Å². The number of ether oxygens (including phenoxy) is 2. The highest BCUT2D eigenvalue weighted by Gasteiger charge is 2.07. The Balaban J connectivity index is 1.90. The molecule has 132 valence electrons. The van der Waals surface area contributed by atoms with Crippen molar-refractivity contribution in [2.75, 3.05) is 30.4 Å². The summed E-state index contributed by atoms with van der Waals surface area (Å²) in [5, 5.41) is 5.94. The van der Waals surface area contributed by atoms with Gasteiger partial charge in [-0.15, -0.1) is 0 Å². The van der Waals surface area contributed by atoms with Gasteiger partial charge >= 0.3 is 0 Å². The van der Waals surface area contributed by atoms with Gasteiger partial charge in [-0.05, 0) is 30.7 Å². The van der Waals surface area contributed by atoms with E-state index in [1.807, 2.05) is 36.4 Å². The highest BCUT2D eigenvalue weighted by atomic mass is 16.5. The largest absolute Gasteiger partial charge is 0.494 e. The summed E-state index contributed by atoms with van der Waals surface area (Å²) in [7, 11) is 0. The number of anilines is 2. The molecule has 25 heavy (non-hydrogen) atoms. The molecule has 0 saturated heterocycles. The van der Waals surface area contributed by atoms with E-state index in [0.717, 1.165) is 17.9 Å². The highest BCUT2D eigenvalue weighted by molar-refractivity contribution is 5.95. The molecule has 2 N–H and O–H groups in total. The fraction of sp³-hybridized carbons (Fsp3) is 0.250. The first kappa shape index (κ1) is 18.4. The average Bonchev–Trinajstić information content (AvgIpc) is 2.64. The van der Waals surface area contributed by atoms with E-state index in [2.05, 4.69) is 24.1 Å². The van der Waals surface area contributed by atoms with Crippen molar-refractivity contribution >= 4 is 17.3 Å². The van der Waals surface area contributed by atoms with Gasteiger partial charge < -0.3 is 20.1 Å². The first-order valence-corrected chi connectivity index (χ1v) is 8.32. The van der Waals surface area contributed by atoms with E-state index < -0.39 is 0 Å². The number of carbonyl (C=O) groups is 1. The minimum atomic E-state index is -0.158. The number of hydrogen-bond donors (Lipinski definition) is 2. The number of benzene rings is 2. The molecule has 0 unspecified atom stereocenters. The first-order valence-electron chi connectivity index (χ1n) is 8.32. The molecule has 2 aromatic carbocycles. The predicted molar refractivity (Wildman–Crippen MR) is 101 cm³/mol. The molecular formula is C20H24N2O3. The van der Waals surface area contributed by atoms with Crippen molar-refractivity contribution in [3.8, 4) is 11.5 Å². The summed E-state index contributed by atoms with van der Waals surface area (Å²) in [6, 6.07) is 14.9. The average molecular weight is 340 g/mol. The zero-order valence-corrected chi connectivity index (χ0v) is 14.5. The lowest BCUT2D eigenvalue weighted by Gasteiger charge is -2.12. The molecule has 0 fully saturated rings. The normalized spacial score (nSPS) is 9.96. The lowest BCUT2D eigenvalue weighted by atomic mass is 10.3. The Morgan fingerprint density at radius 2 is 2.00 bits per heavy atom. The van der Waals surface area contributed by atoms with Crippen LogP contribution in [-0.2, 0) is 4.79 Å². The van der Waals surface area contributed by atoms with Crippen LogP contribution in [0.3, 0.4) is 0 Å². The number of rotatable bonds is 10. The standard InChI is InChI=1S/C20H24N2O3/c1-3-12-24-17-9-7-8-16(14-17)21-15-20(23)22-18-10-5-6-11-19(18)25-13-4-2/h4-11,14,21H,2-3,12-13,15H2,1H3,(H,22,23). The summed E-state index contributed by atoms with van der Waals surface area (Å²) in [5.74, 6) is 1.25. The monoisotopic (exact) mass is 340 g/mol. The maximum atomic E-state index is 12.2. The minimum absolute atomic E-state index is 0.146. The second-order valence-electron chi connectivity index (χ2n) is 5.37. The number of carbonyl (C=O) groups excluding carboxylic acids is 1. The topological polar surface area (TPSA) is 59.6 Å². The van der Waals surface area contributed by atoms with E-state index in [4.69, 9.17) is 9.47 Å². The second-order valence-corrected chi connectivity index (χ2v) is 5.37. The Bertz CT molecular complexity index is 701. The molecule has 0 heterocycles. The molecule has 2 rings (SSSR count). The third-order valence-corrected chi connectivity index (χ3v) is 3.28. The molecule has 0 aliphatic carbocycles. The van der Waals surface area contributed by atoms with Crippen LogP contribution < -0.4 is 20.1 Å². The molecule has 5 heteroatoms. The molecule has 0 saturated carbocycles. The molecular weight excluding hydrogens is 316 g/mol. The summed E-state index contributed by atoms with van der Waals surface area (Å²) >= 11 is 0. The Hall–Kier alpha value is -2.95. The van der Waals surface area contributed by atoms with Gasteiger partial charge in [-0.25, -0.2) is 0 Å². The number of hydrogen-bond acceptors (Lipinski definition) is 4. The highest BCUT2D eigenvalue weighted by Crippen LogP contribution is 2.23. The van der Waals surface area contributed by atoms with Crippen molar-refractivity contribution in [3.63, 3.8) is 0 Å². The van der Waals surface area contributed by atoms with Crippen LogP contribution in [0.1, 0.15) is 13.3 Å². The SMILES string of the molecule is C=CCOc1ccccc1NC(=O)CNc1cccc(OCCC)c1. The summed E-state index contributed by atoms with van der Waals surface area (Å²) in [4.78, 5) is 12.2. The molecule has 0 bridgehead atoms. The summed E-state index contributed by atoms with van der Waals surface area (Å²) in [5.41, 5.74) is 1.47. The maximum Gasteiger partial charge on any atom is 0.243 e. The summed E-state index contributed by atoms with van der Waals surface area (Å²) in [6.45, 7) is 6.88. The van der Waals surface area contributed by atoms with Gasteiger partial charge in [-0.3, -0.25) is 4.79 Å². The van der Waals surface area contributed by atoms with Crippen LogP contribution in [0.25, 0.3) is 0 Å². The van der Waals surface area contributed by atoms with Crippen LogP contribution in [0.5, 0.6) is 11.5 Å². The molecule has 0 aliphatic heterocycles. The summed E-state index contributed by atoms with van der Waals surface area (Å²) in [6.07, 6.45) is 2.61. The zero-order chi connectivity index (χ0) is 17.9. The predicted octanol–water partition coefficient (Wildman–Crippen LogP) is 4.09. The number of para-hydroxylation sites is 2. The van der Waals surface area contributed by atoms with Gasteiger partial charge in [0.2, 0.25) is 5.91 Å². The third-order valence-electron chi connectivity index (χ3n) is 3.28. The van der Waals surface area contributed by atoms with Crippen molar-refractivity contribution in [2.45, 2.75) is 13.3 Å². The smallest absolute Gasteiger partial charge is 0.243 e. The Labute approximate surface area is 148 Å². The lowest BCUT2D eigenvalue weighted by Crippen LogP contribution is -2.22. The fourth-order valence-electron chi connectivity index (χ4n) is 2.14. The van der Waals surface area contributed by atoms with Gasteiger partial charge in [0.05, 0.1) is 18.8 Å². The van der Waals surface area contributed by atoms with E-state index in [9.17, 15) is 4.79 Å². The van der Waals surface area contributed by atoms with Crippen LogP contribution in [0.15, 0.2) is 61.2 Å². The fourth-order valence-corrected chi connectivity index (χ4v) is 2.14. The van der Waals surface area contributed by atoms with Gasteiger partial charge in [0.15, 0.2) is 0 Å². The number of amides is 1. The van der Waals surface area contributed by atoms with Crippen molar-refractivity contribution in [3.05, 3.63) is 61.2 Å². The van der Waals surface area contributed by atoms with E-state index >= 15 is 0 Å². The minimum Gasteiger partial charge on any atom is -0.494 e. The first-order chi connectivity index (χ1) is 12.2. The van der Waals surface area contributed by atoms with Crippen molar-refractivity contribution in [2.24, 2.45) is 0 Å². The van der Waals surface area contributed by atoms with Crippen LogP contribution in [0.4, 0.5) is 11.4 Å². The molecule has 0 aromatic heterocycles. The van der Waals surface area contributed by atoms with Crippen molar-refractivity contribution < 1.29 is 14.3 Å². The van der Waals surface area contributed by atoms with E-state index in [-0.39, 0.29) is 12.5 Å². The maximum absolute atomic E-state index is 12.2. The Morgan fingerprint density at radius 3 is 2.80 bits per heavy atom. The Kier molecular flexibility index (Phi) is 7.38. The molecule has 0 atom stereocenters. The van der Waals surface area contributed by atoms with Gasteiger partial charge in [0.25, 0.3) is 0 Å². The molecule has 0 radical (unpaired) electrons. The van der Waals surface area contributed by atoms with Crippen LogP contribution >= 0.6 is 0 Å². The molecule has 2 aromatic rings. The lowest BCUT2D eigenvalue weighted by molar-refractivity contribution is -0.114. The molecule has 1 amide bonds. The van der Waals surface area contributed by atoms with E-state index in [1.165, 1.54) is 0 Å². The summed E-state index contributed by atoms with van der Waals surface area (Å²) < 4.78 is 11.1. The van der Waals surface area contributed by atoms with Gasteiger partial charge in [0, 0.05) is 11.8 Å². The second kappa shape index (κ2) is 10.0. The van der Waals surface area contributed by atoms with Crippen molar-refractivity contribution in [1.82, 2.24) is 0 Å². The van der Waals surface area contributed by atoms with Crippen LogP contribution in [0, 0.1) is 0 Å². The quantitative estimate of drug-likeness (QED) is 0.640. The van der Waals surface area contributed by atoms with Crippen LogP contribution in [0.2, 0.25) is 0 Å². The van der Waals surface area contributed by atoms with E-state index in [1.54, 1.807) is 18.2 Å². The Morgan fingerprint density at radius 1 is 1.16 bits per heavy atom. The van der Waals surface area contributed by atoms with Gasteiger partial charge in [-0.1, -0.05) is 37.8 Å². The van der Waals surface area contributed by atoms with E-state index in [0.29, 0.717) is 24.7 Å².